The lowest BCUT2D eigenvalue weighted by Gasteiger charge is -2.15. The molecule has 0 atom stereocenters. The summed E-state index contributed by atoms with van der Waals surface area (Å²) in [7, 11) is 0. The number of hydrogen-bond acceptors (Lipinski definition) is 3. The Bertz CT molecular complexity index is 454. The Morgan fingerprint density at radius 2 is 2.19 bits per heavy atom. The Kier molecular flexibility index (Phi) is 3.73. The van der Waals surface area contributed by atoms with Crippen molar-refractivity contribution in [2.75, 3.05) is 5.73 Å². The molecule has 0 aromatic carbocycles. The Hall–Kier alpha value is -1.76. The highest BCUT2D eigenvalue weighted by Gasteiger charge is 2.15. The van der Waals surface area contributed by atoms with Crippen LogP contribution >= 0.6 is 0 Å². The van der Waals surface area contributed by atoms with Crippen molar-refractivity contribution in [2.45, 2.75) is 33.2 Å². The number of rotatable bonds is 4. The van der Waals surface area contributed by atoms with E-state index < -0.39 is 0 Å². The Balaban J connectivity index is 2.60. The maximum Gasteiger partial charge on any atom is 0.250 e. The second kappa shape index (κ2) is 4.84. The third-order valence-corrected chi connectivity index (χ3v) is 2.51. The molecule has 1 aromatic rings. The summed E-state index contributed by atoms with van der Waals surface area (Å²) in [5, 5.41) is 8.85. The first-order chi connectivity index (χ1) is 7.44. The molecule has 0 radical (unpaired) electrons. The number of aryl methyl sites for hydroxylation is 1. The molecule has 1 heterocycles. The van der Waals surface area contributed by atoms with Gasteiger partial charge in [0.05, 0.1) is 11.5 Å². The third-order valence-electron chi connectivity index (χ3n) is 2.51. The molecule has 0 fully saturated rings. The number of hydrogen-bond donors (Lipinski definition) is 1. The normalized spacial score (nSPS) is 11.1. The molecular weight excluding hydrogens is 202 g/mol. The highest BCUT2D eigenvalue weighted by molar-refractivity contribution is 5.33. The van der Waals surface area contributed by atoms with E-state index in [1.54, 1.807) is 16.8 Å². The molecule has 0 aliphatic carbocycles. The van der Waals surface area contributed by atoms with Crippen molar-refractivity contribution < 1.29 is 0 Å². The summed E-state index contributed by atoms with van der Waals surface area (Å²) in [6.45, 7) is 4.40. The monoisotopic (exact) mass is 219 g/mol. The summed E-state index contributed by atoms with van der Waals surface area (Å²) in [6.07, 6.45) is 3.20. The van der Waals surface area contributed by atoms with E-state index >= 15 is 0 Å². The van der Waals surface area contributed by atoms with Crippen LogP contribution in [0.15, 0.2) is 23.1 Å². The maximum absolute atomic E-state index is 11.4. The first kappa shape index (κ1) is 12.3. The second-order valence-corrected chi connectivity index (χ2v) is 4.59. The van der Waals surface area contributed by atoms with Crippen molar-refractivity contribution in [3.8, 4) is 6.07 Å². The van der Waals surface area contributed by atoms with E-state index in [9.17, 15) is 4.79 Å². The minimum Gasteiger partial charge on any atom is -0.398 e. The maximum atomic E-state index is 11.4. The van der Waals surface area contributed by atoms with Gasteiger partial charge in [-0.1, -0.05) is 0 Å². The van der Waals surface area contributed by atoms with Crippen LogP contribution in [0.25, 0.3) is 0 Å². The van der Waals surface area contributed by atoms with Crippen LogP contribution in [-0.2, 0) is 6.54 Å². The van der Waals surface area contributed by atoms with Gasteiger partial charge in [-0.3, -0.25) is 4.79 Å². The number of nitrogens with two attached hydrogens (primary N) is 1. The van der Waals surface area contributed by atoms with Gasteiger partial charge in [-0.15, -0.1) is 0 Å². The number of nitrogens with zero attached hydrogens (tertiary/aromatic N) is 2. The summed E-state index contributed by atoms with van der Waals surface area (Å²) >= 11 is 0. The molecule has 1 aromatic heterocycles. The fourth-order valence-corrected chi connectivity index (χ4v) is 1.47. The predicted molar refractivity (Wildman–Crippen MR) is 63.7 cm³/mol. The molecule has 4 heteroatoms. The number of pyridine rings is 1. The molecule has 0 amide bonds. The second-order valence-electron chi connectivity index (χ2n) is 4.59. The molecule has 0 aliphatic heterocycles. The topological polar surface area (TPSA) is 71.8 Å². The molecule has 1 rings (SSSR count). The lowest BCUT2D eigenvalue weighted by molar-refractivity contribution is 0.413. The number of anilines is 1. The SMILES string of the molecule is CC(C)(C#N)CCCn1cc(N)ccc1=O. The van der Waals surface area contributed by atoms with Gasteiger partial charge in [0.1, 0.15) is 0 Å². The lowest BCUT2D eigenvalue weighted by atomic mass is 9.90. The summed E-state index contributed by atoms with van der Waals surface area (Å²) in [6, 6.07) is 5.30. The van der Waals surface area contributed by atoms with Gasteiger partial charge in [0.25, 0.3) is 5.56 Å². The number of aromatic nitrogens is 1. The van der Waals surface area contributed by atoms with Gasteiger partial charge in [-0.05, 0) is 32.8 Å². The largest absolute Gasteiger partial charge is 0.398 e. The Morgan fingerprint density at radius 1 is 1.50 bits per heavy atom. The highest BCUT2D eigenvalue weighted by atomic mass is 16.1. The molecule has 0 bridgehead atoms. The van der Waals surface area contributed by atoms with E-state index in [1.807, 2.05) is 13.8 Å². The van der Waals surface area contributed by atoms with Crippen LogP contribution in [0.4, 0.5) is 5.69 Å². The van der Waals surface area contributed by atoms with Gasteiger partial charge in [0.15, 0.2) is 0 Å². The molecule has 0 saturated heterocycles. The lowest BCUT2D eigenvalue weighted by Crippen LogP contribution is -2.20. The van der Waals surface area contributed by atoms with Gasteiger partial charge in [-0.25, -0.2) is 0 Å². The molecular formula is C12H17N3O. The van der Waals surface area contributed by atoms with Gasteiger partial charge in [0, 0.05) is 24.5 Å². The summed E-state index contributed by atoms with van der Waals surface area (Å²) in [5.41, 5.74) is 5.80. The smallest absolute Gasteiger partial charge is 0.250 e. The zero-order chi connectivity index (χ0) is 12.2. The summed E-state index contributed by atoms with van der Waals surface area (Å²) in [5.74, 6) is 0. The first-order valence-electron chi connectivity index (χ1n) is 5.32. The van der Waals surface area contributed by atoms with Crippen molar-refractivity contribution in [2.24, 2.45) is 5.41 Å². The van der Waals surface area contributed by atoms with E-state index in [4.69, 9.17) is 11.0 Å². The van der Waals surface area contributed by atoms with Crippen molar-refractivity contribution in [1.29, 1.82) is 5.26 Å². The average Bonchev–Trinajstić information content (AvgIpc) is 2.23. The standard InChI is InChI=1S/C12H17N3O/c1-12(2,9-13)6-3-7-15-8-10(14)4-5-11(15)16/h4-5,8H,3,6-7,14H2,1-2H3. The molecule has 0 saturated carbocycles. The molecule has 0 spiro atoms. The van der Waals surface area contributed by atoms with E-state index in [2.05, 4.69) is 6.07 Å². The van der Waals surface area contributed by atoms with Crippen LogP contribution in [0.5, 0.6) is 0 Å². The minimum atomic E-state index is -0.329. The van der Waals surface area contributed by atoms with Crippen molar-refractivity contribution in [1.82, 2.24) is 4.57 Å². The molecule has 2 N–H and O–H groups in total. The average molecular weight is 219 g/mol. The zero-order valence-electron chi connectivity index (χ0n) is 9.73. The summed E-state index contributed by atoms with van der Waals surface area (Å²) < 4.78 is 1.59. The molecule has 0 unspecified atom stereocenters. The van der Waals surface area contributed by atoms with Crippen LogP contribution in [0.2, 0.25) is 0 Å². The van der Waals surface area contributed by atoms with Gasteiger partial charge in [-0.2, -0.15) is 5.26 Å². The van der Waals surface area contributed by atoms with Gasteiger partial charge < -0.3 is 10.3 Å². The summed E-state index contributed by atoms with van der Waals surface area (Å²) in [4.78, 5) is 11.4. The minimum absolute atomic E-state index is 0.0519. The first-order valence-corrected chi connectivity index (χ1v) is 5.32. The van der Waals surface area contributed by atoms with E-state index in [-0.39, 0.29) is 11.0 Å². The Labute approximate surface area is 95.3 Å². The molecule has 16 heavy (non-hydrogen) atoms. The van der Waals surface area contributed by atoms with Crippen LogP contribution in [0, 0.1) is 16.7 Å². The number of nitriles is 1. The highest BCUT2D eigenvalue weighted by Crippen LogP contribution is 2.20. The van der Waals surface area contributed by atoms with E-state index in [1.165, 1.54) is 6.07 Å². The van der Waals surface area contributed by atoms with Gasteiger partial charge in [0.2, 0.25) is 0 Å². The third kappa shape index (κ3) is 3.43. The fraction of sp³-hybridized carbons (Fsp3) is 0.500. The number of nitrogen functional groups attached to an aromatic ring is 1. The van der Waals surface area contributed by atoms with Crippen molar-refractivity contribution in [3.63, 3.8) is 0 Å². The van der Waals surface area contributed by atoms with Crippen molar-refractivity contribution in [3.05, 3.63) is 28.7 Å². The molecule has 4 nitrogen and oxygen atoms in total. The van der Waals surface area contributed by atoms with Crippen LogP contribution in [0.1, 0.15) is 26.7 Å². The van der Waals surface area contributed by atoms with Crippen molar-refractivity contribution >= 4 is 5.69 Å². The van der Waals surface area contributed by atoms with E-state index in [0.29, 0.717) is 12.2 Å². The predicted octanol–water partition coefficient (Wildman–Crippen LogP) is 1.76. The molecule has 86 valence electrons. The molecule has 0 aliphatic rings. The van der Waals surface area contributed by atoms with Gasteiger partial charge >= 0.3 is 0 Å². The van der Waals surface area contributed by atoms with Crippen LogP contribution in [-0.4, -0.2) is 4.57 Å². The fourth-order valence-electron chi connectivity index (χ4n) is 1.47. The Morgan fingerprint density at radius 3 is 2.81 bits per heavy atom. The quantitative estimate of drug-likeness (QED) is 0.838. The van der Waals surface area contributed by atoms with Crippen LogP contribution < -0.4 is 11.3 Å². The van der Waals surface area contributed by atoms with E-state index in [0.717, 1.165) is 12.8 Å². The van der Waals surface area contributed by atoms with Crippen LogP contribution in [0.3, 0.4) is 0 Å². The zero-order valence-corrected chi connectivity index (χ0v) is 9.73.